The van der Waals surface area contributed by atoms with E-state index in [4.69, 9.17) is 5.73 Å². The molecule has 0 fully saturated rings. The Morgan fingerprint density at radius 3 is 2.77 bits per heavy atom. The molecule has 0 unspecified atom stereocenters. The molecule has 5 heteroatoms. The maximum Gasteiger partial charge on any atom is 0.230 e. The molecule has 0 aliphatic rings. The summed E-state index contributed by atoms with van der Waals surface area (Å²) in [7, 11) is 0. The number of anilines is 2. The van der Waals surface area contributed by atoms with Crippen LogP contribution >= 0.6 is 0 Å². The second-order valence-electron chi connectivity index (χ2n) is 4.96. The molecular weight excluding hydrogens is 281 g/mol. The molecule has 0 radical (unpaired) electrons. The van der Waals surface area contributed by atoms with Crippen LogP contribution in [0.15, 0.2) is 54.6 Å². The van der Waals surface area contributed by atoms with Crippen LogP contribution in [0.2, 0.25) is 0 Å². The van der Waals surface area contributed by atoms with Gasteiger partial charge in [0.25, 0.3) is 0 Å². The summed E-state index contributed by atoms with van der Waals surface area (Å²) < 4.78 is 13.1. The van der Waals surface area contributed by atoms with E-state index >= 15 is 0 Å². The first-order chi connectivity index (χ1) is 10.6. The minimum Gasteiger partial charge on any atom is -0.397 e. The van der Waals surface area contributed by atoms with Crippen molar-refractivity contribution >= 4 is 28.2 Å². The molecular formula is C17H14FN3O. The van der Waals surface area contributed by atoms with Crippen molar-refractivity contribution in [3.05, 3.63) is 66.1 Å². The fraction of sp³-hybridized carbons (Fsp3) is 0.0588. The summed E-state index contributed by atoms with van der Waals surface area (Å²) in [4.78, 5) is 16.4. The Bertz CT molecular complexity index is 848. The average molecular weight is 295 g/mol. The number of amides is 1. The number of benzene rings is 2. The van der Waals surface area contributed by atoms with Crippen LogP contribution in [0.25, 0.3) is 10.9 Å². The third-order valence-electron chi connectivity index (χ3n) is 3.26. The van der Waals surface area contributed by atoms with Crippen LogP contribution < -0.4 is 11.1 Å². The molecule has 0 bridgehead atoms. The smallest absolute Gasteiger partial charge is 0.230 e. The van der Waals surface area contributed by atoms with Crippen LogP contribution in [0.4, 0.5) is 15.8 Å². The molecule has 0 spiro atoms. The summed E-state index contributed by atoms with van der Waals surface area (Å²) in [6, 6.07) is 15.0. The van der Waals surface area contributed by atoms with E-state index in [0.29, 0.717) is 22.6 Å². The highest BCUT2D eigenvalue weighted by Crippen LogP contribution is 2.19. The van der Waals surface area contributed by atoms with Crippen molar-refractivity contribution in [1.29, 1.82) is 0 Å². The summed E-state index contributed by atoms with van der Waals surface area (Å²) in [6.45, 7) is 0. The predicted molar refractivity (Wildman–Crippen MR) is 84.9 cm³/mol. The van der Waals surface area contributed by atoms with Crippen LogP contribution in [-0.2, 0) is 11.2 Å². The number of rotatable bonds is 3. The Balaban J connectivity index is 1.78. The number of nitrogens with zero attached hydrogens (tertiary/aromatic N) is 1. The van der Waals surface area contributed by atoms with Gasteiger partial charge >= 0.3 is 0 Å². The lowest BCUT2D eigenvalue weighted by Gasteiger charge is -2.07. The van der Waals surface area contributed by atoms with Gasteiger partial charge in [0, 0.05) is 11.1 Å². The number of nitrogen functional groups attached to an aromatic ring is 1. The lowest BCUT2D eigenvalue weighted by Crippen LogP contribution is -2.15. The van der Waals surface area contributed by atoms with Gasteiger partial charge in [0.05, 0.1) is 23.3 Å². The molecule has 1 heterocycles. The molecule has 3 rings (SSSR count). The fourth-order valence-electron chi connectivity index (χ4n) is 2.24. The molecule has 2 aromatic carbocycles. The number of aromatic nitrogens is 1. The molecule has 110 valence electrons. The lowest BCUT2D eigenvalue weighted by atomic mass is 10.1. The molecule has 0 saturated carbocycles. The molecule has 0 aliphatic heterocycles. The summed E-state index contributed by atoms with van der Waals surface area (Å²) in [5, 5.41) is 3.57. The molecule has 0 saturated heterocycles. The molecule has 4 nitrogen and oxygen atoms in total. The monoisotopic (exact) mass is 295 g/mol. The molecule has 1 amide bonds. The van der Waals surface area contributed by atoms with E-state index < -0.39 is 5.82 Å². The fourth-order valence-corrected chi connectivity index (χ4v) is 2.24. The van der Waals surface area contributed by atoms with E-state index in [2.05, 4.69) is 10.3 Å². The van der Waals surface area contributed by atoms with Gasteiger partial charge in [-0.15, -0.1) is 0 Å². The molecule has 1 aromatic heterocycles. The number of pyridine rings is 1. The first kappa shape index (κ1) is 14.0. The highest BCUT2D eigenvalue weighted by molar-refractivity contribution is 5.93. The van der Waals surface area contributed by atoms with Gasteiger partial charge in [-0.3, -0.25) is 9.78 Å². The summed E-state index contributed by atoms with van der Waals surface area (Å²) >= 11 is 0. The first-order valence-electron chi connectivity index (χ1n) is 6.81. The van der Waals surface area contributed by atoms with Gasteiger partial charge in [0.15, 0.2) is 0 Å². The summed E-state index contributed by atoms with van der Waals surface area (Å²) in [5.41, 5.74) is 8.18. The van der Waals surface area contributed by atoms with Crippen LogP contribution in [0.1, 0.15) is 5.69 Å². The zero-order valence-corrected chi connectivity index (χ0v) is 11.7. The average Bonchev–Trinajstić information content (AvgIpc) is 2.48. The van der Waals surface area contributed by atoms with E-state index in [1.165, 1.54) is 12.1 Å². The highest BCUT2D eigenvalue weighted by atomic mass is 19.1. The Morgan fingerprint density at radius 1 is 1.14 bits per heavy atom. The zero-order chi connectivity index (χ0) is 15.5. The van der Waals surface area contributed by atoms with Crippen molar-refractivity contribution in [1.82, 2.24) is 4.98 Å². The third kappa shape index (κ3) is 3.03. The molecule has 3 aromatic rings. The summed E-state index contributed by atoms with van der Waals surface area (Å²) in [5.74, 6) is -0.652. The Labute approximate surface area is 126 Å². The predicted octanol–water partition coefficient (Wildman–Crippen LogP) is 3.14. The molecule has 0 aliphatic carbocycles. The van der Waals surface area contributed by atoms with Gasteiger partial charge in [-0.1, -0.05) is 24.3 Å². The number of hydrogen-bond acceptors (Lipinski definition) is 3. The van der Waals surface area contributed by atoms with Crippen molar-refractivity contribution in [3.8, 4) is 0 Å². The van der Waals surface area contributed by atoms with Crippen LogP contribution in [-0.4, -0.2) is 10.9 Å². The minimum atomic E-state index is -0.394. The first-order valence-corrected chi connectivity index (χ1v) is 6.81. The number of para-hydroxylation sites is 1. The minimum absolute atomic E-state index is 0.0980. The molecule has 22 heavy (non-hydrogen) atoms. The molecule has 0 atom stereocenters. The number of nitrogens with two attached hydrogens (primary N) is 1. The normalized spacial score (nSPS) is 10.6. The number of halogens is 1. The Hall–Kier alpha value is -2.95. The van der Waals surface area contributed by atoms with Crippen molar-refractivity contribution in [3.63, 3.8) is 0 Å². The van der Waals surface area contributed by atoms with Gasteiger partial charge in [0.1, 0.15) is 5.82 Å². The van der Waals surface area contributed by atoms with Crippen LogP contribution in [0, 0.1) is 5.82 Å². The van der Waals surface area contributed by atoms with Crippen molar-refractivity contribution in [2.24, 2.45) is 0 Å². The van der Waals surface area contributed by atoms with Crippen molar-refractivity contribution < 1.29 is 9.18 Å². The van der Waals surface area contributed by atoms with E-state index in [9.17, 15) is 9.18 Å². The van der Waals surface area contributed by atoms with Gasteiger partial charge in [-0.05, 0) is 30.3 Å². The third-order valence-corrected chi connectivity index (χ3v) is 3.26. The topological polar surface area (TPSA) is 68.0 Å². The maximum absolute atomic E-state index is 13.1. The van der Waals surface area contributed by atoms with E-state index in [0.717, 1.165) is 5.39 Å². The Morgan fingerprint density at radius 2 is 1.95 bits per heavy atom. The van der Waals surface area contributed by atoms with Crippen molar-refractivity contribution in [2.75, 3.05) is 11.1 Å². The Kier molecular flexibility index (Phi) is 3.70. The van der Waals surface area contributed by atoms with E-state index in [1.807, 2.05) is 18.2 Å². The lowest BCUT2D eigenvalue weighted by molar-refractivity contribution is -0.115. The number of carbonyl (C=O) groups is 1. The van der Waals surface area contributed by atoms with Crippen molar-refractivity contribution in [2.45, 2.75) is 6.42 Å². The van der Waals surface area contributed by atoms with Crippen LogP contribution in [0.3, 0.4) is 0 Å². The van der Waals surface area contributed by atoms with E-state index in [-0.39, 0.29) is 12.3 Å². The largest absolute Gasteiger partial charge is 0.397 e. The second kappa shape index (κ2) is 5.81. The maximum atomic E-state index is 13.1. The molecule has 3 N–H and O–H groups in total. The summed E-state index contributed by atoms with van der Waals surface area (Å²) in [6.07, 6.45) is 0.0980. The zero-order valence-electron chi connectivity index (χ0n) is 11.7. The quantitative estimate of drug-likeness (QED) is 0.729. The second-order valence-corrected chi connectivity index (χ2v) is 4.96. The van der Waals surface area contributed by atoms with Gasteiger partial charge < -0.3 is 11.1 Å². The van der Waals surface area contributed by atoms with Gasteiger partial charge in [0.2, 0.25) is 5.91 Å². The number of fused-ring (bicyclic) bond motifs is 1. The van der Waals surface area contributed by atoms with Gasteiger partial charge in [-0.2, -0.15) is 0 Å². The van der Waals surface area contributed by atoms with Gasteiger partial charge in [-0.25, -0.2) is 4.39 Å². The SMILES string of the molecule is Nc1cccc2ccc(CC(=O)Nc3cccc(F)c3)nc12. The standard InChI is InChI=1S/C17H14FN3O/c18-12-4-2-5-13(9-12)20-16(22)10-14-8-7-11-3-1-6-15(19)17(11)21-14/h1-9H,10,19H2,(H,20,22). The number of carbonyl (C=O) groups excluding carboxylic acids is 1. The number of hydrogen-bond donors (Lipinski definition) is 2. The van der Waals surface area contributed by atoms with E-state index in [1.54, 1.807) is 24.3 Å². The highest BCUT2D eigenvalue weighted by Gasteiger charge is 2.08. The van der Waals surface area contributed by atoms with Crippen LogP contribution in [0.5, 0.6) is 0 Å². The number of nitrogens with one attached hydrogen (secondary N) is 1.